The molecule has 1 amide bonds. The fourth-order valence-corrected chi connectivity index (χ4v) is 2.25. The molecule has 3 aromatic rings. The molecule has 0 fully saturated rings. The molecule has 5 nitrogen and oxygen atoms in total. The van der Waals surface area contributed by atoms with Crippen LogP contribution < -0.4 is 10.1 Å². The van der Waals surface area contributed by atoms with Crippen molar-refractivity contribution in [2.75, 3.05) is 7.11 Å². The summed E-state index contributed by atoms with van der Waals surface area (Å²) in [7, 11) is 1.60. The molecular weight excluding hydrogens is 309 g/mol. The average molecular weight is 325 g/mol. The van der Waals surface area contributed by atoms with Crippen LogP contribution in [0.4, 0.5) is 4.39 Å². The van der Waals surface area contributed by atoms with Crippen LogP contribution in [0.1, 0.15) is 16.1 Å². The van der Waals surface area contributed by atoms with Gasteiger partial charge in [0, 0.05) is 12.1 Å². The van der Waals surface area contributed by atoms with E-state index >= 15 is 0 Å². The van der Waals surface area contributed by atoms with Crippen LogP contribution >= 0.6 is 0 Å². The molecule has 1 heterocycles. The number of hydrogen-bond donors (Lipinski definition) is 2. The summed E-state index contributed by atoms with van der Waals surface area (Å²) >= 11 is 0. The molecule has 0 bridgehead atoms. The number of carbonyl (C=O) groups excluding carboxylic acids is 1. The van der Waals surface area contributed by atoms with Gasteiger partial charge < -0.3 is 10.1 Å². The third-order valence-electron chi connectivity index (χ3n) is 3.55. The molecule has 0 aliphatic heterocycles. The highest BCUT2D eigenvalue weighted by molar-refractivity contribution is 5.93. The van der Waals surface area contributed by atoms with E-state index in [1.54, 1.807) is 25.3 Å². The molecule has 0 unspecified atom stereocenters. The van der Waals surface area contributed by atoms with Gasteiger partial charge in [-0.25, -0.2) is 4.39 Å². The van der Waals surface area contributed by atoms with Crippen molar-refractivity contribution in [3.8, 4) is 17.0 Å². The maximum atomic E-state index is 12.9. The Bertz CT molecular complexity index is 843. The number of methoxy groups -OCH3 is 1. The Morgan fingerprint density at radius 2 is 2.00 bits per heavy atom. The zero-order chi connectivity index (χ0) is 16.9. The monoisotopic (exact) mass is 325 g/mol. The SMILES string of the molecule is COc1cccc(-c2cc(C(=O)NCc3ccc(F)cc3)[nH]n2)c1. The fraction of sp³-hybridized carbons (Fsp3) is 0.111. The zero-order valence-corrected chi connectivity index (χ0v) is 13.0. The molecule has 2 N–H and O–H groups in total. The number of nitrogens with zero attached hydrogens (tertiary/aromatic N) is 1. The Hall–Kier alpha value is -3.15. The number of amides is 1. The smallest absolute Gasteiger partial charge is 0.269 e. The first-order chi connectivity index (χ1) is 11.7. The Labute approximate surface area is 138 Å². The topological polar surface area (TPSA) is 67.0 Å². The van der Waals surface area contributed by atoms with E-state index in [1.807, 2.05) is 24.3 Å². The molecule has 0 aliphatic rings. The number of hydrogen-bond acceptors (Lipinski definition) is 3. The van der Waals surface area contributed by atoms with Gasteiger partial charge in [-0.1, -0.05) is 24.3 Å². The fourth-order valence-electron chi connectivity index (χ4n) is 2.25. The summed E-state index contributed by atoms with van der Waals surface area (Å²) in [6.07, 6.45) is 0. The lowest BCUT2D eigenvalue weighted by atomic mass is 10.1. The van der Waals surface area contributed by atoms with Gasteiger partial charge in [0.15, 0.2) is 0 Å². The molecule has 3 rings (SSSR count). The van der Waals surface area contributed by atoms with E-state index in [4.69, 9.17) is 4.74 Å². The van der Waals surface area contributed by atoms with Crippen molar-refractivity contribution >= 4 is 5.91 Å². The molecule has 0 atom stereocenters. The number of carbonyl (C=O) groups is 1. The number of rotatable bonds is 5. The van der Waals surface area contributed by atoms with Crippen LogP contribution in [0.15, 0.2) is 54.6 Å². The highest BCUT2D eigenvalue weighted by atomic mass is 19.1. The number of nitrogens with one attached hydrogen (secondary N) is 2. The Morgan fingerprint density at radius 1 is 1.21 bits per heavy atom. The summed E-state index contributed by atoms with van der Waals surface area (Å²) in [5.41, 5.74) is 2.68. The van der Waals surface area contributed by atoms with Crippen molar-refractivity contribution < 1.29 is 13.9 Å². The minimum atomic E-state index is -0.304. The molecule has 122 valence electrons. The number of benzene rings is 2. The van der Waals surface area contributed by atoms with Gasteiger partial charge in [0.2, 0.25) is 0 Å². The van der Waals surface area contributed by atoms with E-state index < -0.39 is 0 Å². The zero-order valence-electron chi connectivity index (χ0n) is 13.0. The van der Waals surface area contributed by atoms with Gasteiger partial charge in [0.25, 0.3) is 5.91 Å². The first-order valence-corrected chi connectivity index (χ1v) is 7.38. The number of H-pyrrole nitrogens is 1. The van der Waals surface area contributed by atoms with Crippen molar-refractivity contribution in [3.63, 3.8) is 0 Å². The van der Waals surface area contributed by atoms with Crippen molar-refractivity contribution in [3.05, 3.63) is 71.7 Å². The van der Waals surface area contributed by atoms with E-state index in [0.29, 0.717) is 17.9 Å². The Morgan fingerprint density at radius 3 is 2.75 bits per heavy atom. The summed E-state index contributed by atoms with van der Waals surface area (Å²) in [6, 6.07) is 15.1. The molecule has 24 heavy (non-hydrogen) atoms. The summed E-state index contributed by atoms with van der Waals surface area (Å²) in [5.74, 6) is 0.139. The second kappa shape index (κ2) is 6.95. The molecule has 0 radical (unpaired) electrons. The summed E-state index contributed by atoms with van der Waals surface area (Å²) < 4.78 is 18.0. The summed E-state index contributed by atoms with van der Waals surface area (Å²) in [4.78, 5) is 12.2. The lowest BCUT2D eigenvalue weighted by Gasteiger charge is -2.03. The van der Waals surface area contributed by atoms with E-state index in [-0.39, 0.29) is 11.7 Å². The predicted molar refractivity (Wildman–Crippen MR) is 88.1 cm³/mol. The van der Waals surface area contributed by atoms with E-state index in [1.165, 1.54) is 12.1 Å². The number of aromatic nitrogens is 2. The van der Waals surface area contributed by atoms with Crippen LogP contribution in [0.5, 0.6) is 5.75 Å². The lowest BCUT2D eigenvalue weighted by Crippen LogP contribution is -2.23. The van der Waals surface area contributed by atoms with Crippen LogP contribution in [0.3, 0.4) is 0 Å². The van der Waals surface area contributed by atoms with Gasteiger partial charge in [-0.2, -0.15) is 5.10 Å². The van der Waals surface area contributed by atoms with Gasteiger partial charge >= 0.3 is 0 Å². The van der Waals surface area contributed by atoms with Crippen LogP contribution in [-0.4, -0.2) is 23.2 Å². The third-order valence-corrected chi connectivity index (χ3v) is 3.55. The Kier molecular flexibility index (Phi) is 4.56. The quantitative estimate of drug-likeness (QED) is 0.757. The van der Waals surface area contributed by atoms with Gasteiger partial charge in [-0.15, -0.1) is 0 Å². The molecular formula is C18H16FN3O2. The minimum absolute atomic E-state index is 0.277. The van der Waals surface area contributed by atoms with Gasteiger partial charge in [0.1, 0.15) is 17.3 Å². The van der Waals surface area contributed by atoms with E-state index in [9.17, 15) is 9.18 Å². The summed E-state index contributed by atoms with van der Waals surface area (Å²) in [6.45, 7) is 0.312. The van der Waals surface area contributed by atoms with Crippen molar-refractivity contribution in [1.29, 1.82) is 0 Å². The Balaban J connectivity index is 1.68. The third kappa shape index (κ3) is 3.60. The van der Waals surface area contributed by atoms with Gasteiger partial charge in [-0.05, 0) is 35.9 Å². The number of halogens is 1. The van der Waals surface area contributed by atoms with Crippen LogP contribution in [0.25, 0.3) is 11.3 Å². The highest BCUT2D eigenvalue weighted by Crippen LogP contribution is 2.22. The summed E-state index contributed by atoms with van der Waals surface area (Å²) in [5, 5.41) is 9.65. The molecule has 0 saturated carbocycles. The number of aromatic amines is 1. The predicted octanol–water partition coefficient (Wildman–Crippen LogP) is 3.15. The van der Waals surface area contributed by atoms with Crippen molar-refractivity contribution in [2.45, 2.75) is 6.54 Å². The standard InChI is InChI=1S/C18H16FN3O2/c1-24-15-4-2-3-13(9-15)16-10-17(22-21-16)18(23)20-11-12-5-7-14(19)8-6-12/h2-10H,11H2,1H3,(H,20,23)(H,21,22). The molecule has 6 heteroatoms. The van der Waals surface area contributed by atoms with Crippen LogP contribution in [-0.2, 0) is 6.54 Å². The van der Waals surface area contributed by atoms with Crippen molar-refractivity contribution in [2.24, 2.45) is 0 Å². The maximum absolute atomic E-state index is 12.9. The largest absolute Gasteiger partial charge is 0.497 e. The normalized spacial score (nSPS) is 10.4. The second-order valence-electron chi connectivity index (χ2n) is 5.21. The van der Waals surface area contributed by atoms with Gasteiger partial charge in [0.05, 0.1) is 12.8 Å². The van der Waals surface area contributed by atoms with Crippen molar-refractivity contribution in [1.82, 2.24) is 15.5 Å². The first-order valence-electron chi connectivity index (χ1n) is 7.38. The first kappa shape index (κ1) is 15.7. The van der Waals surface area contributed by atoms with E-state index in [0.717, 1.165) is 16.9 Å². The maximum Gasteiger partial charge on any atom is 0.269 e. The molecule has 0 saturated heterocycles. The molecule has 2 aromatic carbocycles. The second-order valence-corrected chi connectivity index (χ2v) is 5.21. The lowest BCUT2D eigenvalue weighted by molar-refractivity contribution is 0.0946. The molecule has 0 spiro atoms. The minimum Gasteiger partial charge on any atom is -0.497 e. The molecule has 1 aromatic heterocycles. The van der Waals surface area contributed by atoms with Crippen LogP contribution in [0.2, 0.25) is 0 Å². The number of ether oxygens (including phenoxy) is 1. The average Bonchev–Trinajstić information content (AvgIpc) is 3.11. The highest BCUT2D eigenvalue weighted by Gasteiger charge is 2.11. The van der Waals surface area contributed by atoms with Gasteiger partial charge in [-0.3, -0.25) is 9.89 Å². The van der Waals surface area contributed by atoms with Crippen LogP contribution in [0, 0.1) is 5.82 Å². The van der Waals surface area contributed by atoms with E-state index in [2.05, 4.69) is 15.5 Å². The molecule has 0 aliphatic carbocycles.